The summed E-state index contributed by atoms with van der Waals surface area (Å²) in [5, 5.41) is 7.82. The van der Waals surface area contributed by atoms with Gasteiger partial charge in [0, 0.05) is 43.7 Å². The molecule has 1 aliphatic carbocycles. The van der Waals surface area contributed by atoms with E-state index in [2.05, 4.69) is 64.1 Å². The fourth-order valence-electron chi connectivity index (χ4n) is 7.51. The van der Waals surface area contributed by atoms with Gasteiger partial charge in [-0.05, 0) is 56.2 Å². The summed E-state index contributed by atoms with van der Waals surface area (Å²) in [6.07, 6.45) is 12.4. The van der Waals surface area contributed by atoms with Crippen molar-refractivity contribution in [2.45, 2.75) is 81.7 Å². The van der Waals surface area contributed by atoms with E-state index in [1.807, 2.05) is 4.90 Å². The molecule has 3 N–H and O–H groups in total. The van der Waals surface area contributed by atoms with Crippen molar-refractivity contribution in [2.75, 3.05) is 26.2 Å². The van der Waals surface area contributed by atoms with Crippen LogP contribution in [0.4, 0.5) is 0 Å². The molecule has 0 spiro atoms. The van der Waals surface area contributed by atoms with Gasteiger partial charge in [0.1, 0.15) is 5.82 Å². The standard InChI is InChI=1S/C31H42N6/c32-30(33)35-20-14-24(15-21-35)29-34-27-12-6-7-13-28(27)37(29)26-16-22-36(23-17-26)31(18-8-1-2-9-19-31)25-10-4-3-5-11-25/h3-7,10-13,24,26H,1-2,8-9,14-23H2,(H3,32,33). The Kier molecular flexibility index (Phi) is 6.94. The molecule has 6 nitrogen and oxygen atoms in total. The van der Waals surface area contributed by atoms with E-state index in [0.717, 1.165) is 44.5 Å². The highest BCUT2D eigenvalue weighted by Crippen LogP contribution is 2.44. The molecular formula is C31H42N6. The Morgan fingerprint density at radius 3 is 2.14 bits per heavy atom. The van der Waals surface area contributed by atoms with Crippen molar-refractivity contribution in [1.82, 2.24) is 19.4 Å². The van der Waals surface area contributed by atoms with E-state index in [4.69, 9.17) is 16.1 Å². The molecule has 1 aromatic heterocycles. The van der Waals surface area contributed by atoms with Crippen LogP contribution in [0.2, 0.25) is 0 Å². The van der Waals surface area contributed by atoms with Gasteiger partial charge in [0.15, 0.2) is 5.96 Å². The van der Waals surface area contributed by atoms with Gasteiger partial charge in [0.2, 0.25) is 0 Å². The van der Waals surface area contributed by atoms with E-state index in [-0.39, 0.29) is 11.5 Å². The summed E-state index contributed by atoms with van der Waals surface area (Å²) < 4.78 is 2.61. The van der Waals surface area contributed by atoms with Crippen LogP contribution in [0.1, 0.15) is 87.6 Å². The van der Waals surface area contributed by atoms with Crippen molar-refractivity contribution < 1.29 is 0 Å². The Labute approximate surface area is 221 Å². The summed E-state index contributed by atoms with van der Waals surface area (Å²) >= 11 is 0. The van der Waals surface area contributed by atoms with Crippen LogP contribution in [0.5, 0.6) is 0 Å². The maximum absolute atomic E-state index is 7.82. The monoisotopic (exact) mass is 498 g/mol. The molecule has 3 fully saturated rings. The average molecular weight is 499 g/mol. The lowest BCUT2D eigenvalue weighted by molar-refractivity contribution is 0.0353. The summed E-state index contributed by atoms with van der Waals surface area (Å²) in [6.45, 7) is 3.99. The third-order valence-electron chi connectivity index (χ3n) is 9.50. The summed E-state index contributed by atoms with van der Waals surface area (Å²) in [6, 6.07) is 20.6. The SMILES string of the molecule is N=C(N)N1CCC(c2nc3ccccc3n2C2CCN(C3(c4ccccc4)CCCCCC3)CC2)CC1. The van der Waals surface area contributed by atoms with Crippen molar-refractivity contribution in [3.8, 4) is 0 Å². The predicted octanol–water partition coefficient (Wildman–Crippen LogP) is 6.00. The topological polar surface area (TPSA) is 74.2 Å². The first-order valence-electron chi connectivity index (χ1n) is 14.5. The van der Waals surface area contributed by atoms with Gasteiger partial charge in [-0.1, -0.05) is 68.1 Å². The lowest BCUT2D eigenvalue weighted by Gasteiger charge is -2.48. The fourth-order valence-corrected chi connectivity index (χ4v) is 7.51. The molecule has 6 heteroatoms. The quantitative estimate of drug-likeness (QED) is 0.263. The number of aromatic nitrogens is 2. The molecule has 0 atom stereocenters. The number of likely N-dealkylation sites (tertiary alicyclic amines) is 2. The van der Waals surface area contributed by atoms with E-state index in [1.54, 1.807) is 0 Å². The van der Waals surface area contributed by atoms with E-state index in [9.17, 15) is 0 Å². The number of guanidine groups is 1. The van der Waals surface area contributed by atoms with Crippen LogP contribution in [0, 0.1) is 5.41 Å². The molecule has 2 aliphatic heterocycles. The highest BCUT2D eigenvalue weighted by atomic mass is 15.2. The number of nitrogens with zero attached hydrogens (tertiary/aromatic N) is 4. The average Bonchev–Trinajstić information content (AvgIpc) is 3.15. The number of nitrogens with one attached hydrogen (secondary N) is 1. The van der Waals surface area contributed by atoms with Gasteiger partial charge in [-0.25, -0.2) is 4.98 Å². The summed E-state index contributed by atoms with van der Waals surface area (Å²) in [4.78, 5) is 10.1. The molecule has 0 radical (unpaired) electrons. The van der Waals surface area contributed by atoms with Gasteiger partial charge in [-0.3, -0.25) is 10.3 Å². The molecule has 2 aromatic carbocycles. The molecule has 37 heavy (non-hydrogen) atoms. The highest BCUT2D eigenvalue weighted by Gasteiger charge is 2.41. The van der Waals surface area contributed by atoms with Crippen molar-refractivity contribution in [2.24, 2.45) is 5.73 Å². The van der Waals surface area contributed by atoms with E-state index in [0.29, 0.717) is 12.0 Å². The smallest absolute Gasteiger partial charge is 0.188 e. The van der Waals surface area contributed by atoms with Crippen LogP contribution in [0.15, 0.2) is 54.6 Å². The molecule has 3 aromatic rings. The number of hydrogen-bond donors (Lipinski definition) is 2. The van der Waals surface area contributed by atoms with Crippen molar-refractivity contribution in [1.29, 1.82) is 5.41 Å². The number of nitrogens with two attached hydrogens (primary N) is 1. The Morgan fingerprint density at radius 1 is 0.811 bits per heavy atom. The van der Waals surface area contributed by atoms with Gasteiger partial charge in [-0.2, -0.15) is 0 Å². The summed E-state index contributed by atoms with van der Waals surface area (Å²) in [5.74, 6) is 1.89. The highest BCUT2D eigenvalue weighted by molar-refractivity contribution is 5.76. The molecule has 3 heterocycles. The number of benzene rings is 2. The van der Waals surface area contributed by atoms with Gasteiger partial charge in [0.05, 0.1) is 11.0 Å². The zero-order valence-corrected chi connectivity index (χ0v) is 22.1. The molecule has 2 saturated heterocycles. The number of fused-ring (bicyclic) bond motifs is 1. The predicted molar refractivity (Wildman–Crippen MR) is 151 cm³/mol. The third kappa shape index (κ3) is 4.65. The largest absolute Gasteiger partial charge is 0.370 e. The Morgan fingerprint density at radius 2 is 1.46 bits per heavy atom. The normalized spacial score (nSPS) is 22.2. The molecule has 196 valence electrons. The van der Waals surface area contributed by atoms with Crippen LogP contribution in [-0.2, 0) is 5.54 Å². The molecule has 0 unspecified atom stereocenters. The van der Waals surface area contributed by atoms with Gasteiger partial charge in [0.25, 0.3) is 0 Å². The molecule has 6 rings (SSSR count). The Balaban J connectivity index is 1.26. The van der Waals surface area contributed by atoms with E-state index >= 15 is 0 Å². The lowest BCUT2D eigenvalue weighted by atomic mass is 9.79. The minimum atomic E-state index is 0.197. The van der Waals surface area contributed by atoms with Crippen LogP contribution in [-0.4, -0.2) is 51.5 Å². The number of rotatable bonds is 4. The van der Waals surface area contributed by atoms with Gasteiger partial charge in [-0.15, -0.1) is 0 Å². The zero-order valence-electron chi connectivity index (χ0n) is 22.1. The maximum Gasteiger partial charge on any atom is 0.188 e. The Hall–Kier alpha value is -2.86. The van der Waals surface area contributed by atoms with Gasteiger partial charge < -0.3 is 15.2 Å². The molecule has 1 saturated carbocycles. The first kappa shape index (κ1) is 24.5. The number of hydrogen-bond acceptors (Lipinski definition) is 3. The van der Waals surface area contributed by atoms with Crippen LogP contribution < -0.4 is 5.73 Å². The minimum Gasteiger partial charge on any atom is -0.370 e. The van der Waals surface area contributed by atoms with Crippen LogP contribution >= 0.6 is 0 Å². The second-order valence-electron chi connectivity index (χ2n) is 11.5. The Bertz CT molecular complexity index is 1190. The van der Waals surface area contributed by atoms with Crippen molar-refractivity contribution in [3.05, 3.63) is 66.0 Å². The first-order valence-corrected chi connectivity index (χ1v) is 14.5. The molecule has 0 amide bonds. The van der Waals surface area contributed by atoms with Crippen molar-refractivity contribution in [3.63, 3.8) is 0 Å². The third-order valence-corrected chi connectivity index (χ3v) is 9.50. The van der Waals surface area contributed by atoms with E-state index in [1.165, 1.54) is 68.3 Å². The van der Waals surface area contributed by atoms with E-state index < -0.39 is 0 Å². The molecule has 3 aliphatic rings. The fraction of sp³-hybridized carbons (Fsp3) is 0.548. The summed E-state index contributed by atoms with van der Waals surface area (Å²) in [5.41, 5.74) is 9.92. The van der Waals surface area contributed by atoms with Crippen LogP contribution in [0.3, 0.4) is 0 Å². The van der Waals surface area contributed by atoms with Gasteiger partial charge >= 0.3 is 0 Å². The molecular weight excluding hydrogens is 456 g/mol. The van der Waals surface area contributed by atoms with Crippen molar-refractivity contribution >= 4 is 17.0 Å². The number of imidazole rings is 1. The zero-order chi connectivity index (χ0) is 25.2. The van der Waals surface area contributed by atoms with Crippen LogP contribution in [0.25, 0.3) is 11.0 Å². The number of piperidine rings is 2. The first-order chi connectivity index (χ1) is 18.2. The number of para-hydroxylation sites is 2. The second kappa shape index (κ2) is 10.5. The minimum absolute atomic E-state index is 0.197. The summed E-state index contributed by atoms with van der Waals surface area (Å²) in [7, 11) is 0. The lowest BCUT2D eigenvalue weighted by Crippen LogP contribution is -2.50. The molecule has 0 bridgehead atoms. The second-order valence-corrected chi connectivity index (χ2v) is 11.5. The maximum atomic E-state index is 7.82.